The highest BCUT2D eigenvalue weighted by molar-refractivity contribution is 7.15. The Morgan fingerprint density at radius 1 is 1.11 bits per heavy atom. The Morgan fingerprint density at radius 3 is 2.71 bits per heavy atom. The number of aryl methyl sites for hydroxylation is 2. The molecule has 6 rings (SSSR count). The minimum absolute atomic E-state index is 0.0654. The summed E-state index contributed by atoms with van der Waals surface area (Å²) in [6.45, 7) is 3.45. The summed E-state index contributed by atoms with van der Waals surface area (Å²) in [6.07, 6.45) is 6.47. The van der Waals surface area contributed by atoms with Crippen LogP contribution in [0.3, 0.4) is 0 Å². The number of fused-ring (bicyclic) bond motifs is 1. The van der Waals surface area contributed by atoms with E-state index in [4.69, 9.17) is 0 Å². The SMILES string of the molecule is Cc1ccc(-c2ccc(C(=O)N3CC[C@@H](Nc4n[nH]c5ncc(-c6cnn(C)c6)cc45)C3)cc2)s1. The van der Waals surface area contributed by atoms with Crippen LogP contribution in [0.1, 0.15) is 21.7 Å². The number of likely N-dealkylation sites (tertiary alicyclic amines) is 1. The number of hydrogen-bond donors (Lipinski definition) is 2. The van der Waals surface area contributed by atoms with Crippen LogP contribution in [-0.4, -0.2) is 54.9 Å². The highest BCUT2D eigenvalue weighted by Gasteiger charge is 2.28. The summed E-state index contributed by atoms with van der Waals surface area (Å²) in [5.41, 5.74) is 4.59. The van der Waals surface area contributed by atoms with E-state index in [9.17, 15) is 4.79 Å². The lowest BCUT2D eigenvalue weighted by Gasteiger charge is -2.17. The Balaban J connectivity index is 1.14. The summed E-state index contributed by atoms with van der Waals surface area (Å²) < 4.78 is 1.77. The molecule has 0 bridgehead atoms. The first-order valence-electron chi connectivity index (χ1n) is 11.6. The fraction of sp³-hybridized carbons (Fsp3) is 0.231. The Labute approximate surface area is 206 Å². The number of anilines is 1. The number of benzene rings is 1. The lowest BCUT2D eigenvalue weighted by molar-refractivity contribution is 0.0791. The summed E-state index contributed by atoms with van der Waals surface area (Å²) in [7, 11) is 1.90. The number of aromatic nitrogens is 5. The second-order valence-corrected chi connectivity index (χ2v) is 10.3. The molecule has 0 unspecified atom stereocenters. The van der Waals surface area contributed by atoms with E-state index in [0.717, 1.165) is 45.5 Å². The van der Waals surface area contributed by atoms with Crippen molar-refractivity contribution in [2.45, 2.75) is 19.4 Å². The Bertz CT molecular complexity index is 1510. The van der Waals surface area contributed by atoms with E-state index in [1.54, 1.807) is 16.0 Å². The van der Waals surface area contributed by atoms with Gasteiger partial charge >= 0.3 is 0 Å². The molecule has 0 spiro atoms. The van der Waals surface area contributed by atoms with Gasteiger partial charge in [0.2, 0.25) is 0 Å². The van der Waals surface area contributed by atoms with E-state index < -0.39 is 0 Å². The van der Waals surface area contributed by atoms with Crippen LogP contribution in [0.4, 0.5) is 5.82 Å². The van der Waals surface area contributed by atoms with Gasteiger partial charge in [-0.15, -0.1) is 11.3 Å². The maximum absolute atomic E-state index is 13.1. The Hall–Kier alpha value is -3.98. The van der Waals surface area contributed by atoms with Gasteiger partial charge < -0.3 is 10.2 Å². The average Bonchev–Trinajstić information content (AvgIpc) is 3.67. The average molecular weight is 484 g/mol. The number of nitrogens with one attached hydrogen (secondary N) is 2. The van der Waals surface area contributed by atoms with E-state index in [-0.39, 0.29) is 11.9 Å². The van der Waals surface area contributed by atoms with Crippen LogP contribution in [0.2, 0.25) is 0 Å². The van der Waals surface area contributed by atoms with Gasteiger partial charge in [-0.05, 0) is 49.2 Å². The third-order valence-corrected chi connectivity index (χ3v) is 7.48. The molecule has 9 heteroatoms. The molecule has 0 saturated carbocycles. The third kappa shape index (κ3) is 4.19. The van der Waals surface area contributed by atoms with Crippen molar-refractivity contribution < 1.29 is 4.79 Å². The van der Waals surface area contributed by atoms with Crippen LogP contribution < -0.4 is 5.32 Å². The topological polar surface area (TPSA) is 91.7 Å². The molecule has 8 nitrogen and oxygen atoms in total. The monoisotopic (exact) mass is 483 g/mol. The maximum atomic E-state index is 13.1. The molecule has 4 aromatic heterocycles. The highest BCUT2D eigenvalue weighted by atomic mass is 32.1. The first-order valence-corrected chi connectivity index (χ1v) is 12.4. The largest absolute Gasteiger partial charge is 0.363 e. The molecule has 1 fully saturated rings. The van der Waals surface area contributed by atoms with Gasteiger partial charge in [-0.3, -0.25) is 14.6 Å². The molecule has 2 N–H and O–H groups in total. The molecule has 0 aliphatic carbocycles. The Morgan fingerprint density at radius 2 is 1.97 bits per heavy atom. The number of carbonyl (C=O) groups excluding carboxylic acids is 1. The standard InChI is InChI=1S/C26H25N7OS/c1-16-3-8-23(35-16)17-4-6-18(7-5-17)26(34)33-10-9-21(15-33)29-25-22-11-19(12-27-24(22)30-31-25)20-13-28-32(2)14-20/h3-8,11-14,21H,9-10,15H2,1-2H3,(H2,27,29,30,31)/t21-/m1/s1. The van der Waals surface area contributed by atoms with Gasteiger partial charge in [-0.2, -0.15) is 10.2 Å². The fourth-order valence-electron chi connectivity index (χ4n) is 4.55. The van der Waals surface area contributed by atoms with E-state index in [0.29, 0.717) is 13.1 Å². The number of aromatic amines is 1. The van der Waals surface area contributed by atoms with Gasteiger partial charge in [0.25, 0.3) is 5.91 Å². The predicted octanol–water partition coefficient (Wildman–Crippen LogP) is 4.72. The van der Waals surface area contributed by atoms with Gasteiger partial charge in [0, 0.05) is 65.0 Å². The predicted molar refractivity (Wildman–Crippen MR) is 139 cm³/mol. The molecule has 1 aliphatic heterocycles. The van der Waals surface area contributed by atoms with Gasteiger partial charge in [0.15, 0.2) is 11.5 Å². The summed E-state index contributed by atoms with van der Waals surface area (Å²) in [4.78, 5) is 22.1. The smallest absolute Gasteiger partial charge is 0.253 e. The van der Waals surface area contributed by atoms with E-state index in [1.165, 1.54) is 9.75 Å². The lowest BCUT2D eigenvalue weighted by Crippen LogP contribution is -2.31. The molecule has 1 amide bonds. The first kappa shape index (κ1) is 21.5. The molecule has 0 radical (unpaired) electrons. The lowest BCUT2D eigenvalue weighted by atomic mass is 10.1. The van der Waals surface area contributed by atoms with Crippen molar-refractivity contribution in [3.05, 3.63) is 71.5 Å². The van der Waals surface area contributed by atoms with Crippen molar-refractivity contribution in [2.24, 2.45) is 7.05 Å². The van der Waals surface area contributed by atoms with Crippen molar-refractivity contribution in [3.8, 4) is 21.6 Å². The van der Waals surface area contributed by atoms with Crippen LogP contribution in [0.5, 0.6) is 0 Å². The molecule has 35 heavy (non-hydrogen) atoms. The number of H-pyrrole nitrogens is 1. The quantitative estimate of drug-likeness (QED) is 0.377. The van der Waals surface area contributed by atoms with Gasteiger partial charge in [-0.25, -0.2) is 4.98 Å². The minimum atomic E-state index is 0.0654. The molecular formula is C26H25N7OS. The molecule has 1 saturated heterocycles. The highest BCUT2D eigenvalue weighted by Crippen LogP contribution is 2.29. The summed E-state index contributed by atoms with van der Waals surface area (Å²) in [5.74, 6) is 0.823. The number of rotatable bonds is 5. The summed E-state index contributed by atoms with van der Waals surface area (Å²) in [6, 6.07) is 14.4. The van der Waals surface area contributed by atoms with Crippen molar-refractivity contribution in [3.63, 3.8) is 0 Å². The second kappa shape index (κ2) is 8.66. The zero-order chi connectivity index (χ0) is 23.9. The summed E-state index contributed by atoms with van der Waals surface area (Å²) >= 11 is 1.76. The van der Waals surface area contributed by atoms with Crippen LogP contribution in [0.15, 0.2) is 61.1 Å². The molecular weight excluding hydrogens is 458 g/mol. The minimum Gasteiger partial charge on any atom is -0.363 e. The first-order chi connectivity index (χ1) is 17.0. The van der Waals surface area contributed by atoms with E-state index >= 15 is 0 Å². The van der Waals surface area contributed by atoms with Crippen LogP contribution >= 0.6 is 11.3 Å². The zero-order valence-corrected chi connectivity index (χ0v) is 20.3. The molecule has 5 aromatic rings. The Kier molecular flexibility index (Phi) is 5.33. The van der Waals surface area contributed by atoms with Crippen LogP contribution in [0.25, 0.3) is 32.6 Å². The number of amides is 1. The maximum Gasteiger partial charge on any atom is 0.253 e. The zero-order valence-electron chi connectivity index (χ0n) is 19.5. The fourth-order valence-corrected chi connectivity index (χ4v) is 5.42. The third-order valence-electron chi connectivity index (χ3n) is 6.43. The van der Waals surface area contributed by atoms with E-state index in [1.807, 2.05) is 54.8 Å². The van der Waals surface area contributed by atoms with E-state index in [2.05, 4.69) is 50.7 Å². The van der Waals surface area contributed by atoms with Crippen molar-refractivity contribution in [1.29, 1.82) is 0 Å². The molecule has 1 aliphatic rings. The van der Waals surface area contributed by atoms with Gasteiger partial charge in [0.05, 0.1) is 11.6 Å². The number of thiophene rings is 1. The molecule has 176 valence electrons. The van der Waals surface area contributed by atoms with Crippen molar-refractivity contribution in [2.75, 3.05) is 18.4 Å². The number of hydrogen-bond acceptors (Lipinski definition) is 6. The van der Waals surface area contributed by atoms with Gasteiger partial charge in [0.1, 0.15) is 0 Å². The normalized spacial score (nSPS) is 15.7. The number of nitrogens with zero attached hydrogens (tertiary/aromatic N) is 5. The summed E-state index contributed by atoms with van der Waals surface area (Å²) in [5, 5.41) is 16.1. The molecule has 5 heterocycles. The van der Waals surface area contributed by atoms with Gasteiger partial charge in [-0.1, -0.05) is 12.1 Å². The number of carbonyl (C=O) groups is 1. The molecule has 1 atom stereocenters. The van der Waals surface area contributed by atoms with Crippen LogP contribution in [-0.2, 0) is 7.05 Å². The molecule has 1 aromatic carbocycles. The van der Waals surface area contributed by atoms with Crippen LogP contribution in [0, 0.1) is 6.92 Å². The van der Waals surface area contributed by atoms with Crippen molar-refractivity contribution >= 4 is 34.1 Å². The van der Waals surface area contributed by atoms with Crippen molar-refractivity contribution in [1.82, 2.24) is 29.9 Å². The second-order valence-electron chi connectivity index (χ2n) is 8.96. The number of pyridine rings is 1.